The molecule has 16 heavy (non-hydrogen) atoms. The Morgan fingerprint density at radius 1 is 1.50 bits per heavy atom. The summed E-state index contributed by atoms with van der Waals surface area (Å²) in [6.07, 6.45) is 1.97. The molecule has 1 fully saturated rings. The summed E-state index contributed by atoms with van der Waals surface area (Å²) >= 11 is 2.18. The summed E-state index contributed by atoms with van der Waals surface area (Å²) in [5.74, 6) is 0.595. The first-order chi connectivity index (χ1) is 7.74. The first kappa shape index (κ1) is 10.0. The quantitative estimate of drug-likeness (QED) is 0.674. The van der Waals surface area contributed by atoms with Gasteiger partial charge in [-0.15, -0.1) is 5.10 Å². The van der Waals surface area contributed by atoms with Crippen molar-refractivity contribution in [3.63, 3.8) is 0 Å². The predicted octanol–water partition coefficient (Wildman–Crippen LogP) is 1.68. The number of nitrogens with one attached hydrogen (secondary N) is 1. The van der Waals surface area contributed by atoms with Crippen LogP contribution in [-0.4, -0.2) is 20.5 Å². The van der Waals surface area contributed by atoms with Crippen molar-refractivity contribution in [3.8, 4) is 0 Å². The maximum Gasteiger partial charge on any atom is 0.249 e. The lowest BCUT2D eigenvalue weighted by atomic mass is 10.4. The van der Waals surface area contributed by atoms with E-state index in [1.807, 2.05) is 18.2 Å². The van der Waals surface area contributed by atoms with Gasteiger partial charge >= 0.3 is 0 Å². The number of carbonyl (C=O) groups is 1. The van der Waals surface area contributed by atoms with Crippen LogP contribution in [0.1, 0.15) is 12.8 Å². The molecule has 2 aromatic rings. The van der Waals surface area contributed by atoms with Crippen LogP contribution in [0, 0.1) is 9.62 Å². The number of hydrogen-bond donors (Lipinski definition) is 1. The maximum absolute atomic E-state index is 11.5. The normalized spacial score (nSPS) is 15.3. The second-order valence-electron chi connectivity index (χ2n) is 3.82. The zero-order valence-electron chi connectivity index (χ0n) is 8.35. The summed E-state index contributed by atoms with van der Waals surface area (Å²) < 4.78 is 2.68. The van der Waals surface area contributed by atoms with Crippen LogP contribution in [-0.2, 0) is 4.79 Å². The molecule has 82 valence electrons. The van der Waals surface area contributed by atoms with E-state index in [0.717, 1.165) is 22.2 Å². The highest BCUT2D eigenvalue weighted by Gasteiger charge is 2.30. The van der Waals surface area contributed by atoms with Crippen molar-refractivity contribution in [1.29, 1.82) is 0 Å². The third-order valence-electron chi connectivity index (χ3n) is 2.50. The van der Waals surface area contributed by atoms with Crippen LogP contribution in [0.2, 0.25) is 0 Å². The van der Waals surface area contributed by atoms with Crippen molar-refractivity contribution < 1.29 is 4.79 Å². The van der Waals surface area contributed by atoms with E-state index in [-0.39, 0.29) is 11.8 Å². The highest BCUT2D eigenvalue weighted by atomic mass is 127. The van der Waals surface area contributed by atoms with Crippen LogP contribution in [0.25, 0.3) is 5.65 Å². The zero-order valence-corrected chi connectivity index (χ0v) is 10.5. The molecule has 1 aliphatic carbocycles. The van der Waals surface area contributed by atoms with Gasteiger partial charge in [0.05, 0.1) is 0 Å². The second kappa shape index (κ2) is 3.69. The minimum absolute atomic E-state index is 0.0333. The summed E-state index contributed by atoms with van der Waals surface area (Å²) in [4.78, 5) is 15.8. The largest absolute Gasteiger partial charge is 0.293 e. The van der Waals surface area contributed by atoms with Gasteiger partial charge in [-0.25, -0.2) is 4.52 Å². The molecular formula is C10H9IN4O. The van der Waals surface area contributed by atoms with Crippen LogP contribution in [0.15, 0.2) is 18.2 Å². The Kier molecular flexibility index (Phi) is 2.31. The summed E-state index contributed by atoms with van der Waals surface area (Å²) in [6, 6.07) is 5.72. The Balaban J connectivity index is 1.92. The lowest BCUT2D eigenvalue weighted by molar-refractivity contribution is -0.117. The number of amides is 1. The fraction of sp³-hybridized carbons (Fsp3) is 0.300. The zero-order chi connectivity index (χ0) is 11.1. The van der Waals surface area contributed by atoms with Crippen molar-refractivity contribution in [2.45, 2.75) is 12.8 Å². The predicted molar refractivity (Wildman–Crippen MR) is 67.1 cm³/mol. The van der Waals surface area contributed by atoms with Gasteiger partial charge in [0.25, 0.3) is 0 Å². The number of hydrogen-bond acceptors (Lipinski definition) is 3. The smallest absolute Gasteiger partial charge is 0.249 e. The Labute approximate surface area is 105 Å². The number of aromatic nitrogens is 3. The molecule has 0 bridgehead atoms. The van der Waals surface area contributed by atoms with E-state index in [1.165, 1.54) is 0 Å². The van der Waals surface area contributed by atoms with Gasteiger partial charge < -0.3 is 0 Å². The van der Waals surface area contributed by atoms with Gasteiger partial charge in [0.1, 0.15) is 3.70 Å². The minimum atomic E-state index is 0.0333. The SMILES string of the molecule is O=C(Nc1nc2cccc(I)n2n1)C1CC1. The number of pyridine rings is 1. The van der Waals surface area contributed by atoms with Gasteiger partial charge in [-0.05, 0) is 47.6 Å². The van der Waals surface area contributed by atoms with Gasteiger partial charge in [0.2, 0.25) is 11.9 Å². The molecule has 6 heteroatoms. The molecule has 2 aromatic heterocycles. The molecule has 0 spiro atoms. The number of fused-ring (bicyclic) bond motifs is 1. The highest BCUT2D eigenvalue weighted by molar-refractivity contribution is 14.1. The van der Waals surface area contributed by atoms with Crippen LogP contribution < -0.4 is 5.32 Å². The van der Waals surface area contributed by atoms with Crippen molar-refractivity contribution in [2.24, 2.45) is 5.92 Å². The van der Waals surface area contributed by atoms with Crippen molar-refractivity contribution in [3.05, 3.63) is 21.9 Å². The van der Waals surface area contributed by atoms with E-state index in [9.17, 15) is 4.79 Å². The second-order valence-corrected chi connectivity index (χ2v) is 4.92. The summed E-state index contributed by atoms with van der Waals surface area (Å²) in [6.45, 7) is 0. The van der Waals surface area contributed by atoms with E-state index in [4.69, 9.17) is 0 Å². The molecule has 0 aliphatic heterocycles. The van der Waals surface area contributed by atoms with E-state index in [2.05, 4.69) is 38.0 Å². The average molecular weight is 328 g/mol. The van der Waals surface area contributed by atoms with Crippen molar-refractivity contribution in [2.75, 3.05) is 5.32 Å². The van der Waals surface area contributed by atoms with Gasteiger partial charge in [-0.2, -0.15) is 4.98 Å². The molecule has 1 saturated carbocycles. The lowest BCUT2D eigenvalue weighted by Gasteiger charge is -1.96. The highest BCUT2D eigenvalue weighted by Crippen LogP contribution is 2.29. The minimum Gasteiger partial charge on any atom is -0.293 e. The molecule has 1 aliphatic rings. The number of halogens is 1. The number of anilines is 1. The van der Waals surface area contributed by atoms with E-state index < -0.39 is 0 Å². The standard InChI is InChI=1S/C10H9IN4O/c11-7-2-1-3-8-12-10(14-15(7)8)13-9(16)6-4-5-6/h1-3,6H,4-5H2,(H,13,14,16). The molecular weight excluding hydrogens is 319 g/mol. The topological polar surface area (TPSA) is 59.3 Å². The lowest BCUT2D eigenvalue weighted by Crippen LogP contribution is -2.14. The van der Waals surface area contributed by atoms with Gasteiger partial charge in [-0.3, -0.25) is 10.1 Å². The van der Waals surface area contributed by atoms with Gasteiger partial charge in [0, 0.05) is 5.92 Å². The number of nitrogens with zero attached hydrogens (tertiary/aromatic N) is 3. The third-order valence-corrected chi connectivity index (χ3v) is 3.31. The summed E-state index contributed by atoms with van der Waals surface area (Å²) in [5, 5.41) is 6.96. The van der Waals surface area contributed by atoms with Crippen molar-refractivity contribution >= 4 is 40.1 Å². The number of carbonyl (C=O) groups excluding carboxylic acids is 1. The molecule has 1 N–H and O–H groups in total. The number of rotatable bonds is 2. The van der Waals surface area contributed by atoms with E-state index in [1.54, 1.807) is 4.52 Å². The third kappa shape index (κ3) is 1.77. The van der Waals surface area contributed by atoms with Crippen LogP contribution in [0.5, 0.6) is 0 Å². The molecule has 0 atom stereocenters. The molecule has 0 radical (unpaired) electrons. The molecule has 0 unspecified atom stereocenters. The monoisotopic (exact) mass is 328 g/mol. The fourth-order valence-corrected chi connectivity index (χ4v) is 2.05. The van der Waals surface area contributed by atoms with E-state index in [0.29, 0.717) is 5.95 Å². The summed E-state index contributed by atoms with van der Waals surface area (Å²) in [7, 11) is 0. The Hall–Kier alpha value is -1.18. The van der Waals surface area contributed by atoms with Gasteiger partial charge in [0.15, 0.2) is 5.65 Å². The maximum atomic E-state index is 11.5. The molecule has 2 heterocycles. The molecule has 0 saturated heterocycles. The molecule has 3 rings (SSSR count). The average Bonchev–Trinajstić information content (AvgIpc) is 3.01. The molecule has 5 nitrogen and oxygen atoms in total. The Bertz CT molecular complexity index is 561. The molecule has 1 amide bonds. The van der Waals surface area contributed by atoms with E-state index >= 15 is 0 Å². The fourth-order valence-electron chi connectivity index (χ4n) is 1.48. The van der Waals surface area contributed by atoms with Crippen LogP contribution >= 0.6 is 22.6 Å². The summed E-state index contributed by atoms with van der Waals surface area (Å²) in [5.41, 5.74) is 0.748. The van der Waals surface area contributed by atoms with Gasteiger partial charge in [-0.1, -0.05) is 6.07 Å². The van der Waals surface area contributed by atoms with Crippen LogP contribution in [0.4, 0.5) is 5.95 Å². The first-order valence-electron chi connectivity index (χ1n) is 5.06. The molecule has 0 aromatic carbocycles. The van der Waals surface area contributed by atoms with Crippen molar-refractivity contribution in [1.82, 2.24) is 14.6 Å². The first-order valence-corrected chi connectivity index (χ1v) is 6.14. The Morgan fingerprint density at radius 3 is 3.00 bits per heavy atom. The Morgan fingerprint density at radius 2 is 2.31 bits per heavy atom. The van der Waals surface area contributed by atoms with Crippen LogP contribution in [0.3, 0.4) is 0 Å².